The van der Waals surface area contributed by atoms with Crippen LogP contribution < -0.4 is 5.32 Å². The van der Waals surface area contributed by atoms with E-state index in [-0.39, 0.29) is 0 Å². The van der Waals surface area contributed by atoms with Crippen LogP contribution in [0.4, 0.5) is 13.2 Å². The van der Waals surface area contributed by atoms with Crippen molar-refractivity contribution in [2.45, 2.75) is 18.6 Å². The minimum Gasteiger partial charge on any atom is -0.314 e. The predicted molar refractivity (Wildman–Crippen MR) is 69.9 cm³/mol. The van der Waals surface area contributed by atoms with E-state index < -0.39 is 18.6 Å². The molecule has 0 aromatic carbocycles. The van der Waals surface area contributed by atoms with Crippen molar-refractivity contribution in [3.63, 3.8) is 0 Å². The van der Waals surface area contributed by atoms with Gasteiger partial charge in [-0.15, -0.1) is 11.3 Å². The summed E-state index contributed by atoms with van der Waals surface area (Å²) in [5.74, 6) is 0. The third kappa shape index (κ3) is 3.94. The van der Waals surface area contributed by atoms with E-state index >= 15 is 0 Å². The highest BCUT2D eigenvalue weighted by Gasteiger charge is 2.36. The highest BCUT2D eigenvalue weighted by molar-refractivity contribution is 9.10. The van der Waals surface area contributed by atoms with Crippen LogP contribution in [0.2, 0.25) is 0 Å². The Labute approximate surface area is 116 Å². The van der Waals surface area contributed by atoms with Gasteiger partial charge in [-0.25, -0.2) is 0 Å². The number of rotatable bonds is 3. The lowest BCUT2D eigenvalue weighted by Crippen LogP contribution is -2.45. The van der Waals surface area contributed by atoms with Crippen molar-refractivity contribution in [3.05, 3.63) is 20.8 Å². The van der Waals surface area contributed by atoms with Crippen LogP contribution in [0, 0.1) is 0 Å². The Bertz CT molecular complexity index is 388. The maximum absolute atomic E-state index is 12.7. The number of thiophene rings is 1. The molecule has 0 spiro atoms. The molecule has 0 saturated carbocycles. The Balaban J connectivity index is 2.16. The van der Waals surface area contributed by atoms with E-state index in [0.717, 1.165) is 22.4 Å². The molecule has 1 fully saturated rings. The SMILES string of the molecule is FC(F)(F)C[C@H](c1cc(Br)cs1)N1CCNCC1. The number of halogens is 4. The molecule has 0 unspecified atom stereocenters. The van der Waals surface area contributed by atoms with E-state index in [4.69, 9.17) is 0 Å². The van der Waals surface area contributed by atoms with Crippen LogP contribution in [-0.4, -0.2) is 37.3 Å². The molecule has 1 aliphatic heterocycles. The summed E-state index contributed by atoms with van der Waals surface area (Å²) in [4.78, 5) is 2.70. The Morgan fingerprint density at radius 1 is 1.39 bits per heavy atom. The van der Waals surface area contributed by atoms with Crippen LogP contribution in [0.5, 0.6) is 0 Å². The molecule has 2 nitrogen and oxygen atoms in total. The van der Waals surface area contributed by atoms with Crippen molar-refractivity contribution in [1.82, 2.24) is 10.2 Å². The summed E-state index contributed by atoms with van der Waals surface area (Å²) in [7, 11) is 0. The average Bonchev–Trinajstić information content (AvgIpc) is 2.73. The lowest BCUT2D eigenvalue weighted by molar-refractivity contribution is -0.148. The molecule has 1 aromatic heterocycles. The quantitative estimate of drug-likeness (QED) is 0.905. The van der Waals surface area contributed by atoms with Crippen LogP contribution in [0.1, 0.15) is 17.3 Å². The number of hydrogen-bond acceptors (Lipinski definition) is 3. The fraction of sp³-hybridized carbons (Fsp3) is 0.636. The molecule has 0 radical (unpaired) electrons. The van der Waals surface area contributed by atoms with Gasteiger partial charge in [0.1, 0.15) is 0 Å². The van der Waals surface area contributed by atoms with E-state index in [2.05, 4.69) is 21.2 Å². The summed E-state index contributed by atoms with van der Waals surface area (Å²) in [5, 5.41) is 4.99. The summed E-state index contributed by atoms with van der Waals surface area (Å²) >= 11 is 4.69. The van der Waals surface area contributed by atoms with Gasteiger partial charge in [-0.3, -0.25) is 4.90 Å². The first-order chi connectivity index (χ1) is 8.46. The molecule has 1 saturated heterocycles. The number of hydrogen-bond donors (Lipinski definition) is 1. The molecular formula is C11H14BrF3N2S. The summed E-state index contributed by atoms with van der Waals surface area (Å²) in [6, 6.07) is 1.24. The number of alkyl halides is 3. The first kappa shape index (κ1) is 14.3. The molecule has 0 amide bonds. The zero-order valence-corrected chi connectivity index (χ0v) is 12.0. The molecule has 18 heavy (non-hydrogen) atoms. The van der Waals surface area contributed by atoms with Gasteiger partial charge in [0.15, 0.2) is 0 Å². The van der Waals surface area contributed by atoms with Crippen LogP contribution in [0.25, 0.3) is 0 Å². The normalized spacial score (nSPS) is 20.0. The van der Waals surface area contributed by atoms with Gasteiger partial charge in [-0.2, -0.15) is 13.2 Å². The fourth-order valence-electron chi connectivity index (χ4n) is 2.13. The molecule has 0 bridgehead atoms. The van der Waals surface area contributed by atoms with E-state index in [9.17, 15) is 13.2 Å². The van der Waals surface area contributed by atoms with E-state index in [1.54, 1.807) is 6.07 Å². The van der Waals surface area contributed by atoms with Gasteiger partial charge >= 0.3 is 6.18 Å². The summed E-state index contributed by atoms with van der Waals surface area (Å²) in [6.07, 6.45) is -4.91. The van der Waals surface area contributed by atoms with E-state index in [1.165, 1.54) is 11.3 Å². The minimum absolute atomic E-state index is 0.552. The van der Waals surface area contributed by atoms with Gasteiger partial charge < -0.3 is 5.32 Å². The molecule has 102 valence electrons. The van der Waals surface area contributed by atoms with Gasteiger partial charge in [0, 0.05) is 40.9 Å². The van der Waals surface area contributed by atoms with Crippen molar-refractivity contribution in [2.24, 2.45) is 0 Å². The highest BCUT2D eigenvalue weighted by atomic mass is 79.9. The maximum Gasteiger partial charge on any atom is 0.390 e. The topological polar surface area (TPSA) is 15.3 Å². The maximum atomic E-state index is 12.7. The van der Waals surface area contributed by atoms with Crippen LogP contribution in [0.3, 0.4) is 0 Å². The minimum atomic E-state index is -4.13. The van der Waals surface area contributed by atoms with Crippen molar-refractivity contribution in [2.75, 3.05) is 26.2 Å². The van der Waals surface area contributed by atoms with Gasteiger partial charge in [-0.05, 0) is 22.0 Å². The first-order valence-electron chi connectivity index (χ1n) is 5.71. The molecular weight excluding hydrogens is 329 g/mol. The molecule has 2 rings (SSSR count). The molecule has 0 aliphatic carbocycles. The Morgan fingerprint density at radius 2 is 2.06 bits per heavy atom. The van der Waals surface area contributed by atoms with Gasteiger partial charge in [0.25, 0.3) is 0 Å². The molecule has 1 aromatic rings. The molecule has 7 heteroatoms. The van der Waals surface area contributed by atoms with Gasteiger partial charge in [-0.1, -0.05) is 0 Å². The monoisotopic (exact) mass is 342 g/mol. The van der Waals surface area contributed by atoms with Crippen molar-refractivity contribution in [3.8, 4) is 0 Å². The first-order valence-corrected chi connectivity index (χ1v) is 7.38. The molecule has 2 heterocycles. The summed E-state index contributed by atoms with van der Waals surface area (Å²) in [6.45, 7) is 2.83. The molecule has 1 aliphatic rings. The van der Waals surface area contributed by atoms with Crippen LogP contribution in [0.15, 0.2) is 15.9 Å². The lowest BCUT2D eigenvalue weighted by atomic mass is 10.1. The van der Waals surface area contributed by atoms with Crippen LogP contribution in [-0.2, 0) is 0 Å². The third-order valence-electron chi connectivity index (χ3n) is 2.93. The number of nitrogens with one attached hydrogen (secondary N) is 1. The standard InChI is InChI=1S/C11H14BrF3N2S/c12-8-5-10(18-7-8)9(6-11(13,14)15)17-3-1-16-2-4-17/h5,7,9,16H,1-4,6H2/t9-/m1/s1. The smallest absolute Gasteiger partial charge is 0.314 e. The van der Waals surface area contributed by atoms with E-state index in [0.29, 0.717) is 13.1 Å². The summed E-state index contributed by atoms with van der Waals surface area (Å²) < 4.78 is 39.0. The fourth-order valence-corrected chi connectivity index (χ4v) is 3.71. The number of nitrogens with zero attached hydrogens (tertiary/aromatic N) is 1. The Kier molecular flexibility index (Phi) is 4.69. The third-order valence-corrected chi connectivity index (χ3v) is 4.73. The largest absolute Gasteiger partial charge is 0.390 e. The van der Waals surface area contributed by atoms with Crippen molar-refractivity contribution in [1.29, 1.82) is 0 Å². The molecule has 1 N–H and O–H groups in total. The Hall–Kier alpha value is -0.110. The highest BCUT2D eigenvalue weighted by Crippen LogP contribution is 2.37. The van der Waals surface area contributed by atoms with Gasteiger partial charge in [0.05, 0.1) is 12.5 Å². The average molecular weight is 343 g/mol. The number of piperazine rings is 1. The van der Waals surface area contributed by atoms with Crippen LogP contribution >= 0.6 is 27.3 Å². The summed E-state index contributed by atoms with van der Waals surface area (Å²) in [5.41, 5.74) is 0. The zero-order chi connectivity index (χ0) is 13.2. The van der Waals surface area contributed by atoms with Crippen molar-refractivity contribution < 1.29 is 13.2 Å². The van der Waals surface area contributed by atoms with E-state index in [1.807, 2.05) is 10.3 Å². The Morgan fingerprint density at radius 3 is 2.56 bits per heavy atom. The van der Waals surface area contributed by atoms with Gasteiger partial charge in [0.2, 0.25) is 0 Å². The second-order valence-electron chi connectivity index (χ2n) is 4.29. The predicted octanol–water partition coefficient (Wildman–Crippen LogP) is 3.41. The van der Waals surface area contributed by atoms with Crippen molar-refractivity contribution >= 4 is 27.3 Å². The second-order valence-corrected chi connectivity index (χ2v) is 6.15. The lowest BCUT2D eigenvalue weighted by Gasteiger charge is -2.34. The zero-order valence-electron chi connectivity index (χ0n) is 9.63. The molecule has 1 atom stereocenters. The second kappa shape index (κ2) is 5.90.